The second-order valence-electron chi connectivity index (χ2n) is 7.64. The number of carbonyl (C=O) groups excluding carboxylic acids is 2. The van der Waals surface area contributed by atoms with Crippen molar-refractivity contribution in [2.24, 2.45) is 5.73 Å². The number of carbonyl (C=O) groups is 2. The molecule has 2 aliphatic rings. The summed E-state index contributed by atoms with van der Waals surface area (Å²) in [5.41, 5.74) is 6.78. The van der Waals surface area contributed by atoms with E-state index >= 15 is 0 Å². The minimum atomic E-state index is -4.18. The number of nitrogens with two attached hydrogens (primary N) is 1. The van der Waals surface area contributed by atoms with E-state index in [0.717, 1.165) is 12.8 Å². The first-order chi connectivity index (χ1) is 13.7. The largest absolute Gasteiger partial charge is 0.482 e. The zero-order chi connectivity index (χ0) is 20.9. The van der Waals surface area contributed by atoms with Crippen LogP contribution >= 0.6 is 0 Å². The molecular weight excluding hydrogens is 382 g/mol. The number of anilines is 1. The van der Waals surface area contributed by atoms with Gasteiger partial charge in [-0.2, -0.15) is 13.9 Å². The molecule has 2 aromatic rings. The smallest absolute Gasteiger partial charge is 0.424 e. The maximum Gasteiger partial charge on any atom is 0.482 e. The highest BCUT2D eigenvalue weighted by Crippen LogP contribution is 2.45. The summed E-state index contributed by atoms with van der Waals surface area (Å²) in [6, 6.07) is 3.60. The maximum atomic E-state index is 14.2. The van der Waals surface area contributed by atoms with Crippen LogP contribution in [-0.2, 0) is 16.0 Å². The molecule has 29 heavy (non-hydrogen) atoms. The lowest BCUT2D eigenvalue weighted by Crippen LogP contribution is -2.43. The number of primary amides is 1. The van der Waals surface area contributed by atoms with Gasteiger partial charge in [0.15, 0.2) is 0 Å². The van der Waals surface area contributed by atoms with Crippen molar-refractivity contribution in [2.75, 3.05) is 4.90 Å². The van der Waals surface area contributed by atoms with Gasteiger partial charge in [0.05, 0.1) is 17.9 Å². The Morgan fingerprint density at radius 2 is 2.00 bits per heavy atom. The third-order valence-corrected chi connectivity index (χ3v) is 5.44. The van der Waals surface area contributed by atoms with Crippen LogP contribution in [0.5, 0.6) is 5.75 Å². The summed E-state index contributed by atoms with van der Waals surface area (Å²) in [7, 11) is 0. The number of hydrogen-bond donors (Lipinski definition) is 1. The summed E-state index contributed by atoms with van der Waals surface area (Å²) in [5, 5.41) is 4.31. The molecule has 1 fully saturated rings. The molecule has 0 saturated heterocycles. The van der Waals surface area contributed by atoms with E-state index in [1.165, 1.54) is 6.92 Å². The normalized spacial score (nSPS) is 19.0. The van der Waals surface area contributed by atoms with Crippen molar-refractivity contribution in [2.45, 2.75) is 57.7 Å². The topological polar surface area (TPSA) is 90.4 Å². The Bertz CT molecular complexity index is 984. The lowest BCUT2D eigenvalue weighted by Gasteiger charge is -2.36. The zero-order valence-corrected chi connectivity index (χ0v) is 16.2. The standard InChI is InChI=1S/C20H22F2N4O3/c1-11-3-6-16-17(26(11)12(2)27)8-7-15(18(16)29-20(21,22)19(23)28)13-9-24-25(10-13)14-4-5-14/h7-11,14H,3-6H2,1-2H3,(H2,23,28)/t11-/m0/s1. The summed E-state index contributed by atoms with van der Waals surface area (Å²) in [4.78, 5) is 25.0. The quantitative estimate of drug-likeness (QED) is 0.829. The molecule has 1 saturated carbocycles. The monoisotopic (exact) mass is 404 g/mol. The fourth-order valence-electron chi connectivity index (χ4n) is 3.82. The number of fused-ring (bicyclic) bond motifs is 1. The van der Waals surface area contributed by atoms with E-state index in [-0.39, 0.29) is 17.7 Å². The van der Waals surface area contributed by atoms with Crippen LogP contribution in [0.25, 0.3) is 11.1 Å². The Balaban J connectivity index is 1.86. The lowest BCUT2D eigenvalue weighted by molar-refractivity contribution is -0.189. The molecule has 2 heterocycles. The Kier molecular flexibility index (Phi) is 4.55. The third kappa shape index (κ3) is 3.45. The van der Waals surface area contributed by atoms with Gasteiger partial charge in [0, 0.05) is 35.9 Å². The van der Waals surface area contributed by atoms with Crippen molar-refractivity contribution in [1.29, 1.82) is 0 Å². The summed E-state index contributed by atoms with van der Waals surface area (Å²) in [6.07, 6.45) is 2.25. The summed E-state index contributed by atoms with van der Waals surface area (Å²) >= 11 is 0. The Labute approximate surface area is 166 Å². The lowest BCUT2D eigenvalue weighted by atomic mass is 9.92. The molecule has 154 valence electrons. The minimum absolute atomic E-state index is 0.0760. The van der Waals surface area contributed by atoms with Gasteiger partial charge in [-0.1, -0.05) is 0 Å². The van der Waals surface area contributed by atoms with Crippen molar-refractivity contribution < 1.29 is 23.1 Å². The van der Waals surface area contributed by atoms with Crippen LogP contribution in [0.4, 0.5) is 14.5 Å². The van der Waals surface area contributed by atoms with Crippen LogP contribution in [0.15, 0.2) is 24.5 Å². The van der Waals surface area contributed by atoms with Crippen LogP contribution < -0.4 is 15.4 Å². The van der Waals surface area contributed by atoms with Gasteiger partial charge >= 0.3 is 12.0 Å². The number of aromatic nitrogens is 2. The predicted octanol–water partition coefficient (Wildman–Crippen LogP) is 3.03. The molecule has 0 unspecified atom stereocenters. The number of alkyl halides is 2. The molecule has 0 radical (unpaired) electrons. The van der Waals surface area contributed by atoms with Crippen LogP contribution in [0.3, 0.4) is 0 Å². The average Bonchev–Trinajstić information content (AvgIpc) is 3.38. The molecule has 1 aliphatic heterocycles. The predicted molar refractivity (Wildman–Crippen MR) is 102 cm³/mol. The number of halogens is 2. The van der Waals surface area contributed by atoms with E-state index in [1.54, 1.807) is 34.1 Å². The van der Waals surface area contributed by atoms with Crippen molar-refractivity contribution in [3.8, 4) is 16.9 Å². The number of hydrogen-bond acceptors (Lipinski definition) is 4. The molecule has 1 aliphatic carbocycles. The minimum Gasteiger partial charge on any atom is -0.424 e. The molecule has 4 rings (SSSR count). The average molecular weight is 404 g/mol. The second-order valence-corrected chi connectivity index (χ2v) is 7.64. The van der Waals surface area contributed by atoms with E-state index in [0.29, 0.717) is 41.3 Å². The van der Waals surface area contributed by atoms with Gasteiger partial charge in [-0.05, 0) is 44.7 Å². The number of ether oxygens (including phenoxy) is 1. The van der Waals surface area contributed by atoms with E-state index < -0.39 is 12.0 Å². The molecule has 0 spiro atoms. The van der Waals surface area contributed by atoms with Crippen LogP contribution in [0.2, 0.25) is 0 Å². The molecule has 0 bridgehead atoms. The summed E-state index contributed by atoms with van der Waals surface area (Å²) < 4.78 is 35.1. The first kappa shape index (κ1) is 19.4. The summed E-state index contributed by atoms with van der Waals surface area (Å²) in [5.74, 6) is -2.21. The van der Waals surface area contributed by atoms with Crippen LogP contribution in [0.1, 0.15) is 44.7 Å². The highest BCUT2D eigenvalue weighted by atomic mass is 19.3. The molecule has 1 aromatic carbocycles. The van der Waals surface area contributed by atoms with Gasteiger partial charge < -0.3 is 15.4 Å². The van der Waals surface area contributed by atoms with Crippen molar-refractivity contribution in [1.82, 2.24) is 9.78 Å². The van der Waals surface area contributed by atoms with E-state index in [9.17, 15) is 18.4 Å². The van der Waals surface area contributed by atoms with Crippen molar-refractivity contribution in [3.63, 3.8) is 0 Å². The van der Waals surface area contributed by atoms with Crippen molar-refractivity contribution in [3.05, 3.63) is 30.1 Å². The highest BCUT2D eigenvalue weighted by Gasteiger charge is 2.42. The molecule has 9 heteroatoms. The van der Waals surface area contributed by atoms with Crippen LogP contribution in [-0.4, -0.2) is 33.7 Å². The SMILES string of the molecule is CC(=O)N1c2ccc(-c3cnn(C4CC4)c3)c(OC(F)(F)C(N)=O)c2CC[C@@H]1C. The Morgan fingerprint density at radius 1 is 1.28 bits per heavy atom. The second kappa shape index (κ2) is 6.82. The molecule has 2 amide bonds. The molecule has 2 N–H and O–H groups in total. The zero-order valence-electron chi connectivity index (χ0n) is 16.2. The van der Waals surface area contributed by atoms with Gasteiger partial charge in [0.1, 0.15) is 5.75 Å². The van der Waals surface area contributed by atoms with Gasteiger partial charge in [-0.25, -0.2) is 0 Å². The maximum absolute atomic E-state index is 14.2. The molecule has 1 aromatic heterocycles. The van der Waals surface area contributed by atoms with Crippen molar-refractivity contribution >= 4 is 17.5 Å². The van der Waals surface area contributed by atoms with E-state index in [4.69, 9.17) is 10.5 Å². The highest BCUT2D eigenvalue weighted by molar-refractivity contribution is 5.95. The molecule has 7 nitrogen and oxygen atoms in total. The number of nitrogens with zero attached hydrogens (tertiary/aromatic N) is 3. The first-order valence-electron chi connectivity index (χ1n) is 9.56. The molecule has 1 atom stereocenters. The Morgan fingerprint density at radius 3 is 2.62 bits per heavy atom. The van der Waals surface area contributed by atoms with Gasteiger partial charge in [0.2, 0.25) is 5.91 Å². The number of amides is 2. The van der Waals surface area contributed by atoms with E-state index in [1.807, 2.05) is 6.92 Å². The Hall–Kier alpha value is -2.97. The first-order valence-corrected chi connectivity index (χ1v) is 9.56. The van der Waals surface area contributed by atoms with Gasteiger partial charge in [-0.15, -0.1) is 0 Å². The molecular formula is C20H22F2N4O3. The third-order valence-electron chi connectivity index (χ3n) is 5.44. The fraction of sp³-hybridized carbons (Fsp3) is 0.450. The number of rotatable bonds is 5. The number of benzene rings is 1. The van der Waals surface area contributed by atoms with Crippen LogP contribution in [0, 0.1) is 0 Å². The fourth-order valence-corrected chi connectivity index (χ4v) is 3.82. The van der Waals surface area contributed by atoms with Gasteiger partial charge in [-0.3, -0.25) is 14.3 Å². The van der Waals surface area contributed by atoms with Gasteiger partial charge in [0.25, 0.3) is 0 Å². The summed E-state index contributed by atoms with van der Waals surface area (Å²) in [6.45, 7) is 3.33. The van der Waals surface area contributed by atoms with E-state index in [2.05, 4.69) is 5.10 Å².